The molecule has 2 aromatic rings. The lowest BCUT2D eigenvalue weighted by Gasteiger charge is -2.29. The van der Waals surface area contributed by atoms with Gasteiger partial charge in [-0.3, -0.25) is 0 Å². The minimum Gasteiger partial charge on any atom is -0.496 e. The van der Waals surface area contributed by atoms with Crippen molar-refractivity contribution in [2.75, 3.05) is 13.7 Å². The highest BCUT2D eigenvalue weighted by Crippen LogP contribution is 2.36. The first-order valence-electron chi connectivity index (χ1n) is 8.13. The predicted octanol–water partition coefficient (Wildman–Crippen LogP) is 3.29. The van der Waals surface area contributed by atoms with Crippen LogP contribution < -0.4 is 10.5 Å². The summed E-state index contributed by atoms with van der Waals surface area (Å²) in [5, 5.41) is 0. The lowest BCUT2D eigenvalue weighted by molar-refractivity contribution is -0.114. The Morgan fingerprint density at radius 1 is 1.24 bits per heavy atom. The molecule has 0 aliphatic heterocycles. The molecule has 0 heterocycles. The van der Waals surface area contributed by atoms with E-state index in [2.05, 4.69) is 0 Å². The predicted molar refractivity (Wildman–Crippen MR) is 95.3 cm³/mol. The van der Waals surface area contributed by atoms with Crippen molar-refractivity contribution in [3.63, 3.8) is 0 Å². The van der Waals surface area contributed by atoms with Gasteiger partial charge in [-0.2, -0.15) is 0 Å². The zero-order valence-corrected chi connectivity index (χ0v) is 14.7. The first kappa shape index (κ1) is 19.1. The number of hydrogen-bond donors (Lipinski definition) is 1. The van der Waals surface area contributed by atoms with E-state index in [-0.39, 0.29) is 24.4 Å². The zero-order valence-electron chi connectivity index (χ0n) is 14.7. The largest absolute Gasteiger partial charge is 0.496 e. The number of benzene rings is 2. The van der Waals surface area contributed by atoms with Crippen molar-refractivity contribution in [1.29, 1.82) is 0 Å². The Bertz CT molecular complexity index is 703. The van der Waals surface area contributed by atoms with E-state index in [1.807, 2.05) is 37.3 Å². The second-order valence-corrected chi connectivity index (χ2v) is 6.41. The first-order valence-corrected chi connectivity index (χ1v) is 8.13. The maximum atomic E-state index is 13.6. The van der Waals surface area contributed by atoms with E-state index < -0.39 is 5.54 Å². The number of carbonyl (C=O) groups is 1. The van der Waals surface area contributed by atoms with Crippen LogP contribution in [0.15, 0.2) is 48.5 Å². The fraction of sp³-hybridized carbons (Fsp3) is 0.350. The number of ether oxygens (including phenoxy) is 2. The summed E-state index contributed by atoms with van der Waals surface area (Å²) >= 11 is 0. The molecule has 0 radical (unpaired) electrons. The molecule has 0 saturated heterocycles. The van der Waals surface area contributed by atoms with Gasteiger partial charge in [-0.15, -0.1) is 0 Å². The molecule has 4 nitrogen and oxygen atoms in total. The SMILES string of the molecule is COc1cc(F)ccc1[C@@H](c1ccccc1)[C@H](C)OC[C@@](C)(N)C=O. The number of halogens is 1. The monoisotopic (exact) mass is 345 g/mol. The van der Waals surface area contributed by atoms with Crippen molar-refractivity contribution in [1.82, 2.24) is 0 Å². The molecule has 0 spiro atoms. The highest BCUT2D eigenvalue weighted by molar-refractivity contribution is 5.63. The van der Waals surface area contributed by atoms with Crippen molar-refractivity contribution in [3.05, 3.63) is 65.5 Å². The molecular weight excluding hydrogens is 321 g/mol. The molecule has 0 bridgehead atoms. The Morgan fingerprint density at radius 3 is 2.52 bits per heavy atom. The van der Waals surface area contributed by atoms with Gasteiger partial charge in [-0.05, 0) is 25.5 Å². The van der Waals surface area contributed by atoms with Crippen molar-refractivity contribution < 1.29 is 18.7 Å². The second-order valence-electron chi connectivity index (χ2n) is 6.41. The number of methoxy groups -OCH3 is 1. The number of hydrogen-bond acceptors (Lipinski definition) is 4. The van der Waals surface area contributed by atoms with Gasteiger partial charge in [0.25, 0.3) is 0 Å². The Labute approximate surface area is 147 Å². The van der Waals surface area contributed by atoms with Crippen LogP contribution >= 0.6 is 0 Å². The van der Waals surface area contributed by atoms with Gasteiger partial charge in [0.2, 0.25) is 0 Å². The van der Waals surface area contributed by atoms with Crippen LogP contribution in [0.5, 0.6) is 5.75 Å². The zero-order chi connectivity index (χ0) is 18.4. The van der Waals surface area contributed by atoms with E-state index in [9.17, 15) is 9.18 Å². The van der Waals surface area contributed by atoms with Gasteiger partial charge in [0.15, 0.2) is 0 Å². The van der Waals surface area contributed by atoms with Crippen LogP contribution in [-0.2, 0) is 9.53 Å². The van der Waals surface area contributed by atoms with E-state index in [1.165, 1.54) is 19.2 Å². The molecule has 0 unspecified atom stereocenters. The summed E-state index contributed by atoms with van der Waals surface area (Å²) in [4.78, 5) is 11.0. The molecule has 0 fully saturated rings. The number of aldehydes is 1. The van der Waals surface area contributed by atoms with Crippen molar-refractivity contribution in [2.24, 2.45) is 5.73 Å². The Hall–Kier alpha value is -2.24. The third-order valence-corrected chi connectivity index (χ3v) is 4.09. The molecular formula is C20H24FNO3. The maximum Gasteiger partial charge on any atom is 0.141 e. The maximum absolute atomic E-state index is 13.6. The minimum absolute atomic E-state index is 0.0878. The topological polar surface area (TPSA) is 61.6 Å². The lowest BCUT2D eigenvalue weighted by Crippen LogP contribution is -2.44. The molecule has 0 aliphatic carbocycles. The van der Waals surface area contributed by atoms with Gasteiger partial charge >= 0.3 is 0 Å². The summed E-state index contributed by atoms with van der Waals surface area (Å²) in [6.45, 7) is 3.61. The van der Waals surface area contributed by atoms with Crippen molar-refractivity contribution in [3.8, 4) is 5.75 Å². The summed E-state index contributed by atoms with van der Waals surface area (Å²) < 4.78 is 24.8. The van der Waals surface area contributed by atoms with E-state index in [4.69, 9.17) is 15.2 Å². The summed E-state index contributed by atoms with van der Waals surface area (Å²) in [7, 11) is 1.51. The molecule has 5 heteroatoms. The second kappa shape index (κ2) is 8.23. The smallest absolute Gasteiger partial charge is 0.141 e. The van der Waals surface area contributed by atoms with Crippen LogP contribution in [0.3, 0.4) is 0 Å². The number of carbonyl (C=O) groups excluding carboxylic acids is 1. The van der Waals surface area contributed by atoms with E-state index >= 15 is 0 Å². The third kappa shape index (κ3) is 4.87. The van der Waals surface area contributed by atoms with Crippen molar-refractivity contribution in [2.45, 2.75) is 31.4 Å². The van der Waals surface area contributed by atoms with Gasteiger partial charge in [-0.25, -0.2) is 4.39 Å². The van der Waals surface area contributed by atoms with Crippen LogP contribution in [0, 0.1) is 5.82 Å². The molecule has 2 aromatic carbocycles. The molecule has 2 rings (SSSR count). The highest BCUT2D eigenvalue weighted by atomic mass is 19.1. The van der Waals surface area contributed by atoms with Crippen LogP contribution in [0.4, 0.5) is 4.39 Å². The van der Waals surface area contributed by atoms with E-state index in [0.29, 0.717) is 12.0 Å². The lowest BCUT2D eigenvalue weighted by atomic mass is 9.86. The normalized spacial score (nSPS) is 15.9. The molecule has 0 aliphatic rings. The van der Waals surface area contributed by atoms with Gasteiger partial charge in [0.1, 0.15) is 17.9 Å². The molecule has 0 amide bonds. The van der Waals surface area contributed by atoms with Crippen LogP contribution in [0.2, 0.25) is 0 Å². The van der Waals surface area contributed by atoms with E-state index in [0.717, 1.165) is 11.1 Å². The van der Waals surface area contributed by atoms with E-state index in [1.54, 1.807) is 13.0 Å². The quantitative estimate of drug-likeness (QED) is 0.746. The Morgan fingerprint density at radius 2 is 1.92 bits per heavy atom. The summed E-state index contributed by atoms with van der Waals surface area (Å²) in [6, 6.07) is 14.2. The first-order chi connectivity index (χ1) is 11.9. The Kier molecular flexibility index (Phi) is 6.28. The average Bonchev–Trinajstić information content (AvgIpc) is 2.62. The van der Waals surface area contributed by atoms with Crippen LogP contribution in [0.1, 0.15) is 30.9 Å². The minimum atomic E-state index is -1.05. The molecule has 134 valence electrons. The summed E-state index contributed by atoms with van der Waals surface area (Å²) in [5.41, 5.74) is 6.61. The number of nitrogens with two attached hydrogens (primary N) is 1. The summed E-state index contributed by atoms with van der Waals surface area (Å²) in [6.07, 6.45) is 0.375. The number of rotatable bonds is 8. The van der Waals surface area contributed by atoms with Gasteiger partial charge in [0.05, 0.1) is 25.4 Å². The fourth-order valence-electron chi connectivity index (χ4n) is 2.75. The fourth-order valence-corrected chi connectivity index (χ4v) is 2.75. The van der Waals surface area contributed by atoms with Crippen molar-refractivity contribution >= 4 is 6.29 Å². The average molecular weight is 345 g/mol. The van der Waals surface area contributed by atoms with Gasteiger partial charge < -0.3 is 20.0 Å². The molecule has 2 N–H and O–H groups in total. The Balaban J connectivity index is 2.39. The third-order valence-electron chi connectivity index (χ3n) is 4.09. The van der Waals surface area contributed by atoms with Gasteiger partial charge in [-0.1, -0.05) is 36.4 Å². The molecule has 0 aromatic heterocycles. The summed E-state index contributed by atoms with van der Waals surface area (Å²) in [5.74, 6) is -0.106. The standard InChI is InChI=1S/C20H24FNO3/c1-14(25-13-20(2,22)12-23)19(15-7-5-4-6-8-15)17-10-9-16(21)11-18(17)24-3/h4-12,14,19H,13,22H2,1-3H3/t14-,19+,20-/m0/s1. The van der Waals surface area contributed by atoms with Crippen LogP contribution in [-0.4, -0.2) is 31.6 Å². The highest BCUT2D eigenvalue weighted by Gasteiger charge is 2.28. The molecule has 0 saturated carbocycles. The van der Waals surface area contributed by atoms with Gasteiger partial charge in [0, 0.05) is 17.5 Å². The molecule has 3 atom stereocenters. The van der Waals surface area contributed by atoms with Crippen LogP contribution in [0.25, 0.3) is 0 Å². The molecule has 25 heavy (non-hydrogen) atoms.